The van der Waals surface area contributed by atoms with Gasteiger partial charge in [0.05, 0.1) is 12.9 Å². The fourth-order valence-electron chi connectivity index (χ4n) is 1.72. The molecule has 1 aliphatic heterocycles. The third-order valence-corrected chi connectivity index (χ3v) is 4.22. The maximum Gasteiger partial charge on any atom is 0.0935 e. The lowest BCUT2D eigenvalue weighted by atomic mass is 9.88. The minimum Gasteiger partial charge on any atom is -0.501 e. The summed E-state index contributed by atoms with van der Waals surface area (Å²) in [5, 5.41) is 0. The molecule has 0 amide bonds. The summed E-state index contributed by atoms with van der Waals surface area (Å²) in [6.07, 6.45) is 4.85. The predicted molar refractivity (Wildman–Crippen MR) is 56.0 cm³/mol. The summed E-state index contributed by atoms with van der Waals surface area (Å²) >= 11 is 0. The maximum atomic E-state index is 11.5. The third kappa shape index (κ3) is 3.51. The van der Waals surface area contributed by atoms with Crippen molar-refractivity contribution in [3.05, 3.63) is 12.8 Å². The summed E-state index contributed by atoms with van der Waals surface area (Å²) in [4.78, 5) is 0. The van der Waals surface area contributed by atoms with Crippen LogP contribution in [0.15, 0.2) is 12.8 Å². The fraction of sp³-hybridized carbons (Fsp3) is 0.800. The zero-order chi connectivity index (χ0) is 9.73. The van der Waals surface area contributed by atoms with Crippen LogP contribution >= 0.6 is 0 Å². The van der Waals surface area contributed by atoms with Crippen LogP contribution in [0.5, 0.6) is 0 Å². The van der Waals surface area contributed by atoms with Gasteiger partial charge in [0.2, 0.25) is 0 Å². The van der Waals surface area contributed by atoms with Crippen molar-refractivity contribution in [2.45, 2.75) is 26.2 Å². The summed E-state index contributed by atoms with van der Waals surface area (Å²) < 4.78 is 16.7. The van der Waals surface area contributed by atoms with Crippen molar-refractivity contribution in [1.82, 2.24) is 0 Å². The van der Waals surface area contributed by atoms with Gasteiger partial charge in [-0.25, -0.2) is 0 Å². The Morgan fingerprint density at radius 2 is 2.38 bits per heavy atom. The largest absolute Gasteiger partial charge is 0.501 e. The molecule has 13 heavy (non-hydrogen) atoms. The highest BCUT2D eigenvalue weighted by Crippen LogP contribution is 2.29. The molecule has 3 heteroatoms. The second-order valence-electron chi connectivity index (χ2n) is 4.03. The Bertz CT molecular complexity index is 203. The molecule has 0 aliphatic carbocycles. The smallest absolute Gasteiger partial charge is 0.0935 e. The quantitative estimate of drug-likeness (QED) is 0.655. The molecule has 1 rings (SSSR count). The van der Waals surface area contributed by atoms with E-state index in [1.807, 2.05) is 0 Å². The minimum absolute atomic E-state index is 0.0928. The van der Waals surface area contributed by atoms with E-state index in [-0.39, 0.29) is 5.41 Å². The van der Waals surface area contributed by atoms with Gasteiger partial charge < -0.3 is 4.74 Å². The normalized spacial score (nSPS) is 35.0. The molecule has 0 saturated carbocycles. The van der Waals surface area contributed by atoms with Gasteiger partial charge in [0.1, 0.15) is 0 Å². The summed E-state index contributed by atoms with van der Waals surface area (Å²) in [5.41, 5.74) is 0.0928. The zero-order valence-corrected chi connectivity index (χ0v) is 9.07. The molecule has 2 nitrogen and oxygen atoms in total. The number of ether oxygens (including phenoxy) is 1. The van der Waals surface area contributed by atoms with Crippen molar-refractivity contribution in [1.29, 1.82) is 0 Å². The lowest BCUT2D eigenvalue weighted by molar-refractivity contribution is 0.132. The van der Waals surface area contributed by atoms with Gasteiger partial charge in [-0.1, -0.05) is 19.9 Å². The molecule has 0 aromatic carbocycles. The summed E-state index contributed by atoms with van der Waals surface area (Å²) in [6, 6.07) is 0. The van der Waals surface area contributed by atoms with Gasteiger partial charge in [-0.15, -0.1) is 0 Å². The van der Waals surface area contributed by atoms with Crippen LogP contribution in [0, 0.1) is 5.41 Å². The first kappa shape index (κ1) is 10.8. The number of rotatable bonds is 3. The Labute approximate surface area is 82.8 Å². The topological polar surface area (TPSA) is 26.3 Å². The summed E-state index contributed by atoms with van der Waals surface area (Å²) in [7, 11) is -0.645. The van der Waals surface area contributed by atoms with Gasteiger partial charge >= 0.3 is 0 Å². The van der Waals surface area contributed by atoms with Crippen molar-refractivity contribution in [3.63, 3.8) is 0 Å². The monoisotopic (exact) mass is 202 g/mol. The van der Waals surface area contributed by atoms with Gasteiger partial charge in [0.15, 0.2) is 0 Å². The van der Waals surface area contributed by atoms with Crippen LogP contribution in [-0.4, -0.2) is 22.3 Å². The molecule has 0 spiro atoms. The molecular formula is C10H18O2S. The predicted octanol–water partition coefficient (Wildman–Crippen LogP) is 2.09. The molecule has 1 fully saturated rings. The molecule has 2 atom stereocenters. The van der Waals surface area contributed by atoms with E-state index in [4.69, 9.17) is 4.74 Å². The molecule has 76 valence electrons. The molecule has 0 aromatic heterocycles. The van der Waals surface area contributed by atoms with Crippen molar-refractivity contribution >= 4 is 10.8 Å². The van der Waals surface area contributed by atoms with Gasteiger partial charge in [-0.2, -0.15) is 0 Å². The Morgan fingerprint density at radius 3 is 3.08 bits per heavy atom. The first-order chi connectivity index (χ1) is 6.16. The molecule has 2 unspecified atom stereocenters. The average molecular weight is 202 g/mol. The molecule has 0 N–H and O–H groups in total. The van der Waals surface area contributed by atoms with Crippen molar-refractivity contribution in [3.8, 4) is 0 Å². The van der Waals surface area contributed by atoms with Crippen LogP contribution in [0.2, 0.25) is 0 Å². The van der Waals surface area contributed by atoms with Crippen LogP contribution in [0.25, 0.3) is 0 Å². The van der Waals surface area contributed by atoms with Gasteiger partial charge in [-0.3, -0.25) is 4.21 Å². The van der Waals surface area contributed by atoms with Crippen LogP contribution in [0.1, 0.15) is 26.2 Å². The average Bonchev–Trinajstić information content (AvgIpc) is 2.24. The van der Waals surface area contributed by atoms with Crippen molar-refractivity contribution in [2.24, 2.45) is 5.41 Å². The molecule has 0 aromatic rings. The van der Waals surface area contributed by atoms with Gasteiger partial charge in [-0.05, 0) is 12.8 Å². The van der Waals surface area contributed by atoms with E-state index in [1.54, 1.807) is 0 Å². The molecule has 1 aliphatic rings. The molecule has 1 saturated heterocycles. The Balaban J connectivity index is 2.52. The van der Waals surface area contributed by atoms with E-state index in [9.17, 15) is 4.21 Å². The lowest BCUT2D eigenvalue weighted by Crippen LogP contribution is -2.28. The van der Waals surface area contributed by atoms with E-state index >= 15 is 0 Å². The molecule has 0 radical (unpaired) electrons. The van der Waals surface area contributed by atoms with Crippen LogP contribution in [-0.2, 0) is 15.5 Å². The summed E-state index contributed by atoms with van der Waals surface area (Å²) in [6.45, 7) is 6.33. The van der Waals surface area contributed by atoms with Crippen LogP contribution in [0.3, 0.4) is 0 Å². The first-order valence-electron chi connectivity index (χ1n) is 4.74. The third-order valence-electron chi connectivity index (χ3n) is 2.46. The highest BCUT2D eigenvalue weighted by atomic mass is 32.2. The maximum absolute atomic E-state index is 11.5. The highest BCUT2D eigenvalue weighted by molar-refractivity contribution is 7.85. The van der Waals surface area contributed by atoms with Crippen LogP contribution < -0.4 is 0 Å². The highest BCUT2D eigenvalue weighted by Gasteiger charge is 2.29. The standard InChI is InChI=1S/C10H18O2S/c1-3-12-8-10(2)6-4-5-7-13(11)9-10/h3H,1,4-9H2,2H3. The van der Waals surface area contributed by atoms with E-state index in [0.717, 1.165) is 24.3 Å². The number of hydrogen-bond acceptors (Lipinski definition) is 2. The second-order valence-corrected chi connectivity index (χ2v) is 5.61. The van der Waals surface area contributed by atoms with Crippen molar-refractivity contribution in [2.75, 3.05) is 18.1 Å². The zero-order valence-electron chi connectivity index (χ0n) is 8.25. The SMILES string of the molecule is C=COCC1(C)CCCCS(=O)C1. The molecule has 0 bridgehead atoms. The number of hydrogen-bond donors (Lipinski definition) is 0. The second kappa shape index (κ2) is 4.80. The Kier molecular flexibility index (Phi) is 3.97. The van der Waals surface area contributed by atoms with E-state index in [0.29, 0.717) is 6.61 Å². The summed E-state index contributed by atoms with van der Waals surface area (Å²) in [5.74, 6) is 1.64. The van der Waals surface area contributed by atoms with Gasteiger partial charge in [0.25, 0.3) is 0 Å². The van der Waals surface area contributed by atoms with Gasteiger partial charge in [0, 0.05) is 27.7 Å². The lowest BCUT2D eigenvalue weighted by Gasteiger charge is -2.26. The Hall–Kier alpha value is -0.310. The van der Waals surface area contributed by atoms with E-state index in [1.165, 1.54) is 12.7 Å². The molecule has 1 heterocycles. The first-order valence-corrected chi connectivity index (χ1v) is 6.23. The van der Waals surface area contributed by atoms with Crippen LogP contribution in [0.4, 0.5) is 0 Å². The van der Waals surface area contributed by atoms with Crippen molar-refractivity contribution < 1.29 is 8.95 Å². The fourth-order valence-corrected chi connectivity index (χ4v) is 3.40. The van der Waals surface area contributed by atoms with E-state index < -0.39 is 10.8 Å². The minimum atomic E-state index is -0.645. The van der Waals surface area contributed by atoms with E-state index in [2.05, 4.69) is 13.5 Å². The molecular weight excluding hydrogens is 184 g/mol. The Morgan fingerprint density at radius 1 is 1.62 bits per heavy atom.